The van der Waals surface area contributed by atoms with Crippen LogP contribution in [0.4, 0.5) is 0 Å². The van der Waals surface area contributed by atoms with Gasteiger partial charge in [0.25, 0.3) is 5.91 Å². The van der Waals surface area contributed by atoms with Crippen LogP contribution in [0.25, 0.3) is 0 Å². The second-order valence-corrected chi connectivity index (χ2v) is 8.60. The van der Waals surface area contributed by atoms with E-state index in [9.17, 15) is 9.59 Å². The van der Waals surface area contributed by atoms with E-state index in [2.05, 4.69) is 5.10 Å². The first-order valence-electron chi connectivity index (χ1n) is 10.7. The molecule has 4 rings (SSSR count). The highest BCUT2D eigenvalue weighted by molar-refractivity contribution is 5.95. The topological polar surface area (TPSA) is 67.7 Å². The van der Waals surface area contributed by atoms with Crippen LogP contribution in [-0.4, -0.2) is 71.3 Å². The summed E-state index contributed by atoms with van der Waals surface area (Å²) >= 11 is 0. The maximum absolute atomic E-state index is 13.3. The van der Waals surface area contributed by atoms with E-state index < -0.39 is 5.41 Å². The van der Waals surface area contributed by atoms with E-state index in [0.717, 1.165) is 63.6 Å². The molecule has 0 aromatic carbocycles. The summed E-state index contributed by atoms with van der Waals surface area (Å²) in [5, 5.41) is 4.57. The number of amides is 2. The molecule has 0 bridgehead atoms. The second kappa shape index (κ2) is 7.85. The fourth-order valence-electron chi connectivity index (χ4n) is 5.28. The summed E-state index contributed by atoms with van der Waals surface area (Å²) in [5.74, 6) is 0.244. The molecule has 3 aliphatic rings. The number of methoxy groups -OCH3 is 1. The number of nitrogens with zero attached hydrogens (tertiary/aromatic N) is 4. The molecule has 3 heterocycles. The van der Waals surface area contributed by atoms with Crippen molar-refractivity contribution < 1.29 is 14.3 Å². The molecule has 2 fully saturated rings. The van der Waals surface area contributed by atoms with Gasteiger partial charge < -0.3 is 14.5 Å². The Labute approximate surface area is 167 Å². The highest BCUT2D eigenvalue weighted by Gasteiger charge is 2.49. The second-order valence-electron chi connectivity index (χ2n) is 8.60. The predicted octanol–water partition coefficient (Wildman–Crippen LogP) is 1.79. The number of hydrogen-bond donors (Lipinski definition) is 0. The average molecular weight is 389 g/mol. The Bertz CT molecular complexity index is 759. The Kier molecular flexibility index (Phi) is 5.45. The number of hydrogen-bond acceptors (Lipinski definition) is 4. The van der Waals surface area contributed by atoms with Gasteiger partial charge in [-0.25, -0.2) is 0 Å². The van der Waals surface area contributed by atoms with E-state index in [1.165, 1.54) is 12.1 Å². The zero-order valence-electron chi connectivity index (χ0n) is 17.2. The molecule has 1 aromatic heterocycles. The van der Waals surface area contributed by atoms with Crippen LogP contribution in [0, 0.1) is 5.41 Å². The van der Waals surface area contributed by atoms with Crippen LogP contribution in [0.5, 0.6) is 0 Å². The zero-order valence-corrected chi connectivity index (χ0v) is 17.2. The largest absolute Gasteiger partial charge is 0.385 e. The fourth-order valence-corrected chi connectivity index (χ4v) is 5.28. The van der Waals surface area contributed by atoms with Crippen molar-refractivity contribution in [3.8, 4) is 0 Å². The van der Waals surface area contributed by atoms with Crippen LogP contribution in [-0.2, 0) is 29.4 Å². The van der Waals surface area contributed by atoms with Crippen molar-refractivity contribution in [2.45, 2.75) is 51.4 Å². The average Bonchev–Trinajstić information content (AvgIpc) is 3.28. The summed E-state index contributed by atoms with van der Waals surface area (Å²) in [6.07, 6.45) is 7.77. The number of ether oxygens (including phenoxy) is 1. The van der Waals surface area contributed by atoms with Gasteiger partial charge in [0.2, 0.25) is 5.91 Å². The van der Waals surface area contributed by atoms with Crippen LogP contribution >= 0.6 is 0 Å². The maximum atomic E-state index is 13.3. The predicted molar refractivity (Wildman–Crippen MR) is 105 cm³/mol. The molecule has 2 saturated heterocycles. The molecule has 2 aliphatic heterocycles. The third kappa shape index (κ3) is 3.34. The molecule has 0 radical (unpaired) electrons. The van der Waals surface area contributed by atoms with Crippen molar-refractivity contribution in [2.24, 2.45) is 12.5 Å². The summed E-state index contributed by atoms with van der Waals surface area (Å²) in [6, 6.07) is 0. The van der Waals surface area contributed by atoms with Gasteiger partial charge in [-0.05, 0) is 51.4 Å². The molecular weight excluding hydrogens is 356 g/mol. The monoisotopic (exact) mass is 388 g/mol. The maximum Gasteiger partial charge on any atom is 0.274 e. The lowest BCUT2D eigenvalue weighted by Gasteiger charge is -2.39. The molecule has 7 nitrogen and oxygen atoms in total. The lowest BCUT2D eigenvalue weighted by molar-refractivity contribution is -0.145. The van der Waals surface area contributed by atoms with Gasteiger partial charge in [0.15, 0.2) is 5.69 Å². The minimum absolute atomic E-state index is 0.0138. The van der Waals surface area contributed by atoms with E-state index in [-0.39, 0.29) is 11.8 Å². The van der Waals surface area contributed by atoms with E-state index >= 15 is 0 Å². The Morgan fingerprint density at radius 2 is 2.00 bits per heavy atom. The van der Waals surface area contributed by atoms with Crippen molar-refractivity contribution >= 4 is 11.8 Å². The Morgan fingerprint density at radius 1 is 1.18 bits per heavy atom. The highest BCUT2D eigenvalue weighted by Crippen LogP contribution is 2.41. The lowest BCUT2D eigenvalue weighted by atomic mass is 9.78. The van der Waals surface area contributed by atoms with Crippen molar-refractivity contribution in [3.05, 3.63) is 17.0 Å². The third-order valence-corrected chi connectivity index (χ3v) is 6.81. The quantitative estimate of drug-likeness (QED) is 0.722. The summed E-state index contributed by atoms with van der Waals surface area (Å²) in [7, 11) is 3.63. The Balaban J connectivity index is 1.47. The molecule has 1 spiro atoms. The number of piperidine rings is 1. The fraction of sp³-hybridized carbons (Fsp3) is 0.762. The van der Waals surface area contributed by atoms with Gasteiger partial charge in [-0.15, -0.1) is 0 Å². The minimum atomic E-state index is -0.393. The van der Waals surface area contributed by atoms with Gasteiger partial charge in [-0.2, -0.15) is 5.10 Å². The molecule has 1 aromatic rings. The molecule has 1 aliphatic carbocycles. The van der Waals surface area contributed by atoms with E-state index in [1.54, 1.807) is 7.11 Å². The molecule has 0 N–H and O–H groups in total. The van der Waals surface area contributed by atoms with E-state index in [0.29, 0.717) is 25.4 Å². The number of fused-ring (bicyclic) bond motifs is 1. The van der Waals surface area contributed by atoms with Crippen molar-refractivity contribution in [1.82, 2.24) is 19.6 Å². The normalized spacial score (nSPS) is 24.9. The van der Waals surface area contributed by atoms with E-state index in [1.807, 2.05) is 21.5 Å². The Hall–Kier alpha value is -1.89. The highest BCUT2D eigenvalue weighted by atomic mass is 16.5. The smallest absolute Gasteiger partial charge is 0.274 e. The summed E-state index contributed by atoms with van der Waals surface area (Å²) in [6.45, 7) is 3.44. The van der Waals surface area contributed by atoms with Gasteiger partial charge in [0.1, 0.15) is 0 Å². The number of carbonyl (C=O) groups is 2. The molecule has 2 amide bonds. The molecule has 28 heavy (non-hydrogen) atoms. The number of likely N-dealkylation sites (tertiary alicyclic amines) is 2. The van der Waals surface area contributed by atoms with Gasteiger partial charge in [0.05, 0.1) is 5.41 Å². The lowest BCUT2D eigenvalue weighted by Crippen LogP contribution is -2.50. The van der Waals surface area contributed by atoms with Crippen molar-refractivity contribution in [2.75, 3.05) is 39.9 Å². The zero-order chi connectivity index (χ0) is 19.7. The number of carbonyl (C=O) groups excluding carboxylic acids is 2. The number of aromatic nitrogens is 2. The van der Waals surface area contributed by atoms with Gasteiger partial charge in [-0.1, -0.05) is 0 Å². The molecular formula is C21H32N4O3. The van der Waals surface area contributed by atoms with Gasteiger partial charge in [-0.3, -0.25) is 14.3 Å². The molecule has 0 unspecified atom stereocenters. The summed E-state index contributed by atoms with van der Waals surface area (Å²) in [4.78, 5) is 30.3. The molecule has 7 heteroatoms. The minimum Gasteiger partial charge on any atom is -0.385 e. The summed E-state index contributed by atoms with van der Waals surface area (Å²) in [5.41, 5.74) is 2.57. The SMILES string of the molecule is COCCCN1CCC[C@]2(CCN(C(=O)c3nn(C)c4c3CCCC4)C2)C1=O. The van der Waals surface area contributed by atoms with Crippen molar-refractivity contribution in [1.29, 1.82) is 0 Å². The number of rotatable bonds is 5. The van der Waals surface area contributed by atoms with Crippen LogP contribution in [0.1, 0.15) is 60.3 Å². The molecule has 154 valence electrons. The van der Waals surface area contributed by atoms with E-state index in [4.69, 9.17) is 4.74 Å². The molecule has 1 atom stereocenters. The molecule has 0 saturated carbocycles. The van der Waals surface area contributed by atoms with Crippen LogP contribution in [0.2, 0.25) is 0 Å². The summed E-state index contributed by atoms with van der Waals surface area (Å²) < 4.78 is 7.02. The van der Waals surface area contributed by atoms with Gasteiger partial charge in [0, 0.05) is 58.2 Å². The standard InChI is InChI=1S/C21H32N4O3/c1-23-17-8-4-3-7-16(17)18(22-23)19(26)25-13-10-21(15-25)9-5-11-24(20(21)27)12-6-14-28-2/h3-15H2,1-2H3/t21-/m1/s1. The van der Waals surface area contributed by atoms with Crippen LogP contribution < -0.4 is 0 Å². The Morgan fingerprint density at radius 3 is 2.82 bits per heavy atom. The number of aryl methyl sites for hydroxylation is 1. The first-order chi connectivity index (χ1) is 13.6. The van der Waals surface area contributed by atoms with Crippen LogP contribution in [0.3, 0.4) is 0 Å². The third-order valence-electron chi connectivity index (χ3n) is 6.81. The van der Waals surface area contributed by atoms with Crippen LogP contribution in [0.15, 0.2) is 0 Å². The first kappa shape index (κ1) is 19.4. The first-order valence-corrected chi connectivity index (χ1v) is 10.7. The van der Waals surface area contributed by atoms with Crippen molar-refractivity contribution in [3.63, 3.8) is 0 Å². The van der Waals surface area contributed by atoms with Gasteiger partial charge >= 0.3 is 0 Å².